The van der Waals surface area contributed by atoms with Gasteiger partial charge in [0.25, 0.3) is 0 Å². The highest BCUT2D eigenvalue weighted by Crippen LogP contribution is 2.45. The summed E-state index contributed by atoms with van der Waals surface area (Å²) >= 11 is 5.84. The van der Waals surface area contributed by atoms with Gasteiger partial charge in [0.15, 0.2) is 5.11 Å². The van der Waals surface area contributed by atoms with Crippen LogP contribution in [-0.2, 0) is 10.0 Å². The van der Waals surface area contributed by atoms with E-state index in [1.54, 1.807) is 36.5 Å². The molecular formula is C28H28FN5O3S2. The molecule has 2 N–H and O–H groups in total. The lowest BCUT2D eigenvalue weighted by Crippen LogP contribution is -2.29. The molecule has 2 aromatic carbocycles. The van der Waals surface area contributed by atoms with Crippen LogP contribution in [0.2, 0.25) is 0 Å². The molecule has 4 aromatic rings. The van der Waals surface area contributed by atoms with Crippen molar-refractivity contribution < 1.29 is 17.5 Å². The van der Waals surface area contributed by atoms with Gasteiger partial charge in [0, 0.05) is 23.3 Å². The summed E-state index contributed by atoms with van der Waals surface area (Å²) in [7, 11) is -2.10. The maximum absolute atomic E-state index is 14.9. The van der Waals surface area contributed by atoms with Crippen LogP contribution < -0.4 is 19.7 Å². The van der Waals surface area contributed by atoms with Crippen LogP contribution in [0, 0.1) is 19.7 Å². The first-order valence-electron chi connectivity index (χ1n) is 12.2. The van der Waals surface area contributed by atoms with Crippen LogP contribution in [0.1, 0.15) is 34.7 Å². The number of rotatable bonds is 7. The van der Waals surface area contributed by atoms with Gasteiger partial charge in [-0.1, -0.05) is 18.2 Å². The number of thiocarbonyl (C=S) groups is 1. The molecule has 0 spiro atoms. The summed E-state index contributed by atoms with van der Waals surface area (Å²) in [6.45, 7) is 3.89. The van der Waals surface area contributed by atoms with Crippen molar-refractivity contribution in [1.82, 2.24) is 14.9 Å². The van der Waals surface area contributed by atoms with Crippen molar-refractivity contribution in [2.45, 2.75) is 25.9 Å². The summed E-state index contributed by atoms with van der Waals surface area (Å²) in [5, 5.41) is 3.86. The Bertz CT molecular complexity index is 1660. The minimum atomic E-state index is -3.57. The smallest absolute Gasteiger partial charge is 0.229 e. The predicted molar refractivity (Wildman–Crippen MR) is 155 cm³/mol. The third-order valence-corrected chi connectivity index (χ3v) is 7.64. The van der Waals surface area contributed by atoms with Gasteiger partial charge < -0.3 is 19.5 Å². The van der Waals surface area contributed by atoms with Crippen molar-refractivity contribution in [3.05, 3.63) is 101 Å². The zero-order valence-electron chi connectivity index (χ0n) is 21.8. The van der Waals surface area contributed by atoms with Crippen molar-refractivity contribution in [2.24, 2.45) is 0 Å². The monoisotopic (exact) mass is 565 g/mol. The Balaban J connectivity index is 1.69. The topological polar surface area (TPSA) is 88.5 Å². The van der Waals surface area contributed by atoms with E-state index in [2.05, 4.69) is 15.0 Å². The summed E-state index contributed by atoms with van der Waals surface area (Å²) in [5.74, 6) is 0.0495. The lowest BCUT2D eigenvalue weighted by Gasteiger charge is -2.29. The van der Waals surface area contributed by atoms with Gasteiger partial charge in [-0.3, -0.25) is 9.71 Å². The Morgan fingerprint density at radius 2 is 1.82 bits per heavy atom. The molecule has 1 saturated heterocycles. The van der Waals surface area contributed by atoms with Crippen molar-refractivity contribution >= 4 is 38.7 Å². The Labute approximate surface area is 232 Å². The van der Waals surface area contributed by atoms with Gasteiger partial charge >= 0.3 is 0 Å². The number of para-hydroxylation sites is 1. The Morgan fingerprint density at radius 3 is 2.49 bits per heavy atom. The molecule has 2 atom stereocenters. The van der Waals surface area contributed by atoms with E-state index >= 15 is 0 Å². The third-order valence-electron chi connectivity index (χ3n) is 6.74. The highest BCUT2D eigenvalue weighted by molar-refractivity contribution is 7.92. The van der Waals surface area contributed by atoms with Crippen LogP contribution in [0.5, 0.6) is 5.75 Å². The molecule has 1 aliphatic heterocycles. The molecule has 0 saturated carbocycles. The first kappa shape index (κ1) is 26.6. The van der Waals surface area contributed by atoms with Crippen LogP contribution in [0.25, 0.3) is 5.69 Å². The van der Waals surface area contributed by atoms with E-state index < -0.39 is 10.0 Å². The number of pyridine rings is 1. The zero-order valence-corrected chi connectivity index (χ0v) is 23.5. The van der Waals surface area contributed by atoms with Crippen LogP contribution in [0.4, 0.5) is 15.8 Å². The van der Waals surface area contributed by atoms with Crippen molar-refractivity contribution in [3.63, 3.8) is 0 Å². The number of methoxy groups -OCH3 is 1. The maximum atomic E-state index is 14.9. The number of hydrogen-bond acceptors (Lipinski definition) is 5. The summed E-state index contributed by atoms with van der Waals surface area (Å²) < 4.78 is 48.8. The quantitative estimate of drug-likeness (QED) is 0.298. The lowest BCUT2D eigenvalue weighted by molar-refractivity contribution is 0.417. The number of aryl methyl sites for hydroxylation is 1. The number of anilines is 2. The average molecular weight is 566 g/mol. The van der Waals surface area contributed by atoms with Gasteiger partial charge in [-0.2, -0.15) is 0 Å². The predicted octanol–water partition coefficient (Wildman–Crippen LogP) is 5.19. The lowest BCUT2D eigenvalue weighted by atomic mass is 9.96. The molecule has 0 unspecified atom stereocenters. The highest BCUT2D eigenvalue weighted by atomic mass is 32.2. The van der Waals surface area contributed by atoms with E-state index in [-0.39, 0.29) is 23.6 Å². The standard InChI is InChI=1S/C28H28FN5O3S2/c1-17-15-20(18(2)33(17)24-11-6-5-9-21(24)29)27-26(22-10-7-8-14-30-22)31-28(38)34(27)19-12-13-25(37-3)23(16-19)32-39(4,35)36/h5-16,26-27,32H,1-4H3,(H,31,38)/t26-,27-/m1/s1. The largest absolute Gasteiger partial charge is 0.495 e. The first-order valence-corrected chi connectivity index (χ1v) is 14.5. The average Bonchev–Trinajstić information content (AvgIpc) is 3.39. The summed E-state index contributed by atoms with van der Waals surface area (Å²) in [4.78, 5) is 6.54. The summed E-state index contributed by atoms with van der Waals surface area (Å²) in [5.41, 5.74) is 4.81. The van der Waals surface area contributed by atoms with E-state index in [0.29, 0.717) is 22.2 Å². The molecule has 1 aliphatic rings. The fourth-order valence-electron chi connectivity index (χ4n) is 5.17. The van der Waals surface area contributed by atoms with Crippen LogP contribution in [-0.4, -0.2) is 36.4 Å². The second-order valence-corrected chi connectivity index (χ2v) is 11.5. The summed E-state index contributed by atoms with van der Waals surface area (Å²) in [6.07, 6.45) is 2.81. The molecule has 3 heterocycles. The molecule has 0 aliphatic carbocycles. The summed E-state index contributed by atoms with van der Waals surface area (Å²) in [6, 6.07) is 18.9. The maximum Gasteiger partial charge on any atom is 0.229 e. The van der Waals surface area contributed by atoms with E-state index in [0.717, 1.165) is 28.9 Å². The van der Waals surface area contributed by atoms with E-state index in [4.69, 9.17) is 17.0 Å². The Hall–Kier alpha value is -3.96. The number of halogens is 1. The fourth-order valence-corrected chi connectivity index (χ4v) is 6.07. The molecule has 2 aromatic heterocycles. The second kappa shape index (κ2) is 10.3. The molecule has 0 bridgehead atoms. The fraction of sp³-hybridized carbons (Fsp3) is 0.214. The van der Waals surface area contributed by atoms with Crippen molar-refractivity contribution in [1.29, 1.82) is 0 Å². The molecule has 39 heavy (non-hydrogen) atoms. The van der Waals surface area contributed by atoms with Crippen LogP contribution >= 0.6 is 12.2 Å². The molecule has 202 valence electrons. The van der Waals surface area contributed by atoms with Gasteiger partial charge in [-0.25, -0.2) is 12.8 Å². The number of hydrogen-bond donors (Lipinski definition) is 2. The SMILES string of the molecule is COc1ccc(N2C(=S)N[C@H](c3ccccn3)[C@H]2c2cc(C)n(-c3ccccc3F)c2C)cc1NS(C)(=O)=O. The number of sulfonamides is 1. The number of nitrogens with one attached hydrogen (secondary N) is 2. The van der Waals surface area contributed by atoms with E-state index in [1.807, 2.05) is 53.6 Å². The van der Waals surface area contributed by atoms with Gasteiger partial charge in [0.05, 0.1) is 42.5 Å². The number of nitrogens with zero attached hydrogens (tertiary/aromatic N) is 3. The van der Waals surface area contributed by atoms with Gasteiger partial charge in [-0.05, 0) is 80.2 Å². The molecule has 5 rings (SSSR count). The van der Waals surface area contributed by atoms with E-state index in [9.17, 15) is 12.8 Å². The Morgan fingerprint density at radius 1 is 1.08 bits per heavy atom. The first-order chi connectivity index (χ1) is 18.6. The van der Waals surface area contributed by atoms with Gasteiger partial charge in [0.2, 0.25) is 10.0 Å². The second-order valence-electron chi connectivity index (χ2n) is 9.37. The van der Waals surface area contributed by atoms with Crippen molar-refractivity contribution in [3.8, 4) is 11.4 Å². The van der Waals surface area contributed by atoms with Gasteiger partial charge in [0.1, 0.15) is 11.6 Å². The number of aromatic nitrogens is 2. The molecule has 0 amide bonds. The van der Waals surface area contributed by atoms with Crippen molar-refractivity contribution in [2.75, 3.05) is 23.0 Å². The molecule has 11 heteroatoms. The third kappa shape index (κ3) is 5.07. The van der Waals surface area contributed by atoms with Gasteiger partial charge in [-0.15, -0.1) is 0 Å². The molecular weight excluding hydrogens is 537 g/mol. The van der Waals surface area contributed by atoms with Crippen LogP contribution in [0.15, 0.2) is 72.9 Å². The molecule has 8 nitrogen and oxygen atoms in total. The van der Waals surface area contributed by atoms with Crippen LogP contribution in [0.3, 0.4) is 0 Å². The van der Waals surface area contributed by atoms with E-state index in [1.165, 1.54) is 13.2 Å². The zero-order chi connectivity index (χ0) is 27.9. The normalized spacial score (nSPS) is 17.3. The number of benzene rings is 2. The molecule has 0 radical (unpaired) electrons. The minimum Gasteiger partial charge on any atom is -0.495 e. The number of ether oxygens (including phenoxy) is 1. The molecule has 1 fully saturated rings. The highest BCUT2D eigenvalue weighted by Gasteiger charge is 2.42. The Kier molecular flexibility index (Phi) is 7.04. The minimum absolute atomic E-state index is 0.289.